The lowest BCUT2D eigenvalue weighted by molar-refractivity contribution is 0.416. The van der Waals surface area contributed by atoms with Crippen LogP contribution >= 0.6 is 15.9 Å². The molecule has 1 heterocycles. The predicted molar refractivity (Wildman–Crippen MR) is 74.8 cm³/mol. The Hall–Kier alpha value is -1.54. The van der Waals surface area contributed by atoms with Gasteiger partial charge in [0.1, 0.15) is 5.75 Å². The maximum absolute atomic E-state index is 12.1. The number of halogens is 1. The lowest BCUT2D eigenvalue weighted by atomic mass is 10.2. The van der Waals surface area contributed by atoms with Gasteiger partial charge in [-0.25, -0.2) is 4.98 Å². The summed E-state index contributed by atoms with van der Waals surface area (Å²) in [5.41, 5.74) is 1.15. The van der Waals surface area contributed by atoms with Gasteiger partial charge in [-0.15, -0.1) is 0 Å². The number of hydrogen-bond acceptors (Lipinski definition) is 4. The number of sulfonamides is 1. The number of imidazole rings is 1. The number of aryl methyl sites for hydroxylation is 1. The van der Waals surface area contributed by atoms with Crippen LogP contribution in [0.2, 0.25) is 0 Å². The maximum Gasteiger partial charge on any atom is 0.279 e. The second kappa shape index (κ2) is 5.22. The number of rotatable bonds is 4. The van der Waals surface area contributed by atoms with Crippen LogP contribution in [-0.4, -0.2) is 25.5 Å². The van der Waals surface area contributed by atoms with Crippen LogP contribution in [0, 0.1) is 6.92 Å². The first kappa shape index (κ1) is 13.9. The number of ether oxygens (including phenoxy) is 1. The first-order valence-corrected chi connectivity index (χ1v) is 7.57. The number of aromatic nitrogens is 2. The summed E-state index contributed by atoms with van der Waals surface area (Å²) in [4.78, 5) is 6.25. The Morgan fingerprint density at radius 2 is 2.16 bits per heavy atom. The molecule has 102 valence electrons. The van der Waals surface area contributed by atoms with Crippen molar-refractivity contribution in [2.45, 2.75) is 11.9 Å². The van der Waals surface area contributed by atoms with E-state index in [0.717, 1.165) is 10.0 Å². The Labute approximate surface area is 119 Å². The molecule has 0 fully saturated rings. The van der Waals surface area contributed by atoms with Crippen molar-refractivity contribution < 1.29 is 13.2 Å². The molecule has 2 rings (SSSR count). The molecule has 0 spiro atoms. The Bertz CT molecular complexity index is 683. The van der Waals surface area contributed by atoms with E-state index in [-0.39, 0.29) is 5.03 Å². The maximum atomic E-state index is 12.1. The van der Waals surface area contributed by atoms with E-state index < -0.39 is 10.0 Å². The number of aromatic amines is 1. The topological polar surface area (TPSA) is 84.1 Å². The van der Waals surface area contributed by atoms with Gasteiger partial charge in [-0.05, 0) is 24.6 Å². The van der Waals surface area contributed by atoms with Gasteiger partial charge in [0.15, 0.2) is 5.03 Å². The number of nitrogens with one attached hydrogen (secondary N) is 2. The van der Waals surface area contributed by atoms with Gasteiger partial charge in [0, 0.05) is 4.47 Å². The van der Waals surface area contributed by atoms with Crippen molar-refractivity contribution >= 4 is 31.6 Å². The van der Waals surface area contributed by atoms with Gasteiger partial charge >= 0.3 is 0 Å². The molecule has 0 aliphatic rings. The smallest absolute Gasteiger partial charge is 0.279 e. The quantitative estimate of drug-likeness (QED) is 0.890. The van der Waals surface area contributed by atoms with E-state index in [1.54, 1.807) is 19.1 Å². The molecule has 0 amide bonds. The molecular weight excluding hydrogens is 334 g/mol. The fraction of sp³-hybridized carbons (Fsp3) is 0.182. The number of H-pyrrole nitrogens is 1. The van der Waals surface area contributed by atoms with Crippen molar-refractivity contribution in [3.63, 3.8) is 0 Å². The molecule has 0 saturated heterocycles. The highest BCUT2D eigenvalue weighted by Crippen LogP contribution is 2.33. The van der Waals surface area contributed by atoms with Crippen molar-refractivity contribution in [2.24, 2.45) is 0 Å². The van der Waals surface area contributed by atoms with Gasteiger partial charge in [-0.2, -0.15) is 8.42 Å². The van der Waals surface area contributed by atoms with Crippen LogP contribution in [0.15, 0.2) is 34.2 Å². The molecule has 0 aliphatic heterocycles. The number of hydrogen-bond donors (Lipinski definition) is 2. The van der Waals surface area contributed by atoms with Crippen LogP contribution < -0.4 is 9.46 Å². The van der Waals surface area contributed by atoms with Crippen molar-refractivity contribution in [3.8, 4) is 5.75 Å². The van der Waals surface area contributed by atoms with Crippen LogP contribution in [0.5, 0.6) is 5.75 Å². The van der Waals surface area contributed by atoms with Crippen molar-refractivity contribution in [1.82, 2.24) is 9.97 Å². The molecule has 2 aromatic rings. The van der Waals surface area contributed by atoms with Gasteiger partial charge in [-0.1, -0.05) is 15.9 Å². The molecule has 8 heteroatoms. The fourth-order valence-electron chi connectivity index (χ4n) is 1.58. The minimum Gasteiger partial charge on any atom is -0.495 e. The Balaban J connectivity index is 2.45. The largest absolute Gasteiger partial charge is 0.495 e. The fourth-order valence-corrected chi connectivity index (χ4v) is 3.18. The molecule has 0 radical (unpaired) electrons. The molecule has 1 aromatic heterocycles. The first-order chi connectivity index (χ1) is 8.94. The molecule has 0 aliphatic carbocycles. The molecule has 0 atom stereocenters. The summed E-state index contributed by atoms with van der Waals surface area (Å²) in [6.45, 7) is 1.79. The van der Waals surface area contributed by atoms with E-state index in [2.05, 4.69) is 30.6 Å². The molecule has 0 unspecified atom stereocenters. The zero-order valence-electron chi connectivity index (χ0n) is 10.3. The molecule has 19 heavy (non-hydrogen) atoms. The number of benzene rings is 1. The highest BCUT2D eigenvalue weighted by atomic mass is 79.9. The lowest BCUT2D eigenvalue weighted by Crippen LogP contribution is -2.15. The van der Waals surface area contributed by atoms with E-state index in [1.807, 2.05) is 0 Å². The first-order valence-electron chi connectivity index (χ1n) is 5.29. The average molecular weight is 346 g/mol. The van der Waals surface area contributed by atoms with Crippen molar-refractivity contribution in [3.05, 3.63) is 34.7 Å². The molecule has 0 saturated carbocycles. The number of anilines is 1. The summed E-state index contributed by atoms with van der Waals surface area (Å²) in [7, 11) is -2.22. The van der Waals surface area contributed by atoms with Gasteiger partial charge in [-0.3, -0.25) is 4.72 Å². The zero-order valence-corrected chi connectivity index (χ0v) is 12.7. The van der Waals surface area contributed by atoms with Crippen LogP contribution in [0.3, 0.4) is 0 Å². The summed E-state index contributed by atoms with van der Waals surface area (Å²) in [5.74, 6) is 0.440. The van der Waals surface area contributed by atoms with Gasteiger partial charge in [0.2, 0.25) is 0 Å². The molecule has 6 nitrogen and oxygen atoms in total. The Morgan fingerprint density at radius 3 is 2.74 bits per heavy atom. The Morgan fingerprint density at radius 1 is 1.42 bits per heavy atom. The third-order valence-corrected chi connectivity index (χ3v) is 4.22. The minimum absolute atomic E-state index is 0.00290. The van der Waals surface area contributed by atoms with E-state index in [9.17, 15) is 8.42 Å². The van der Waals surface area contributed by atoms with Crippen LogP contribution in [0.4, 0.5) is 5.69 Å². The van der Waals surface area contributed by atoms with Crippen molar-refractivity contribution in [1.29, 1.82) is 0 Å². The second-order valence-corrected chi connectivity index (χ2v) is 6.39. The summed E-state index contributed by atoms with van der Waals surface area (Å²) >= 11 is 3.33. The van der Waals surface area contributed by atoms with Crippen molar-refractivity contribution in [2.75, 3.05) is 11.8 Å². The summed E-state index contributed by atoms with van der Waals surface area (Å²) in [6.07, 6.45) is 2.54. The molecule has 0 bridgehead atoms. The minimum atomic E-state index is -3.70. The standard InChI is InChI=1S/C11H12BrN3O3S/c1-7-3-8(12)4-9(18-2)11(7)15-19(16,17)10-5-13-6-14-10/h3-6,15H,1-2H3,(H,13,14). The third kappa shape index (κ3) is 2.90. The van der Waals surface area contributed by atoms with Crippen LogP contribution in [0.25, 0.3) is 0 Å². The van der Waals surface area contributed by atoms with E-state index >= 15 is 0 Å². The van der Waals surface area contributed by atoms with Gasteiger partial charge in [0.05, 0.1) is 25.3 Å². The third-order valence-electron chi connectivity index (χ3n) is 2.48. The summed E-state index contributed by atoms with van der Waals surface area (Å²) < 4.78 is 32.7. The highest BCUT2D eigenvalue weighted by Gasteiger charge is 2.19. The highest BCUT2D eigenvalue weighted by molar-refractivity contribution is 9.10. The normalized spacial score (nSPS) is 11.3. The van der Waals surface area contributed by atoms with E-state index in [0.29, 0.717) is 11.4 Å². The predicted octanol–water partition coefficient (Wildman–Crippen LogP) is 2.29. The van der Waals surface area contributed by atoms with Gasteiger partial charge in [0.25, 0.3) is 10.0 Å². The summed E-state index contributed by atoms with van der Waals surface area (Å²) in [5, 5.41) is -0.00290. The average Bonchev–Trinajstić information content (AvgIpc) is 2.86. The lowest BCUT2D eigenvalue weighted by Gasteiger charge is -2.14. The van der Waals surface area contributed by atoms with Gasteiger partial charge < -0.3 is 9.72 Å². The second-order valence-electron chi connectivity index (χ2n) is 3.82. The van der Waals surface area contributed by atoms with E-state index in [4.69, 9.17) is 4.74 Å². The summed E-state index contributed by atoms with van der Waals surface area (Å²) in [6, 6.07) is 3.49. The molecule has 1 aromatic carbocycles. The van der Waals surface area contributed by atoms with Crippen LogP contribution in [0.1, 0.15) is 5.56 Å². The number of nitrogens with zero attached hydrogens (tertiary/aromatic N) is 1. The zero-order chi connectivity index (χ0) is 14.0. The van der Waals surface area contributed by atoms with Crippen LogP contribution in [-0.2, 0) is 10.0 Å². The molecular formula is C11H12BrN3O3S. The molecule has 2 N–H and O–H groups in total. The monoisotopic (exact) mass is 345 g/mol. The Kier molecular flexibility index (Phi) is 3.81. The van der Waals surface area contributed by atoms with E-state index in [1.165, 1.54) is 19.6 Å². The number of methoxy groups -OCH3 is 1. The SMILES string of the molecule is COc1cc(Br)cc(C)c1NS(=O)(=O)c1cnc[nH]1.